The summed E-state index contributed by atoms with van der Waals surface area (Å²) in [5.41, 5.74) is 3.75. The summed E-state index contributed by atoms with van der Waals surface area (Å²) in [4.78, 5) is 12.5. The number of alkyl halides is 2. The van der Waals surface area contributed by atoms with Crippen LogP contribution in [-0.4, -0.2) is 15.0 Å². The van der Waals surface area contributed by atoms with Gasteiger partial charge in [-0.2, -0.15) is 0 Å². The fraction of sp³-hybridized carbons (Fsp3) is 0.286. The highest BCUT2D eigenvalue weighted by molar-refractivity contribution is 5.59. The molecule has 0 aliphatic rings. The molecule has 0 aliphatic heterocycles. The molecular formula is C7H7F2N3O3. The molecule has 1 rings (SSSR count). The number of hydrogen-bond donors (Lipinski definition) is 2. The zero-order valence-corrected chi connectivity index (χ0v) is 7.35. The summed E-state index contributed by atoms with van der Waals surface area (Å²) in [6, 6.07) is 0. The van der Waals surface area contributed by atoms with Crippen molar-refractivity contribution in [2.75, 3.05) is 5.73 Å². The summed E-state index contributed by atoms with van der Waals surface area (Å²) in [6.07, 6.45) is -2.20. The maximum atomic E-state index is 12.5. The first-order valence-corrected chi connectivity index (χ1v) is 3.79. The molecule has 0 unspecified atom stereocenters. The Hall–Kier alpha value is -1.83. The fourth-order valence-electron chi connectivity index (χ4n) is 1.06. The fourth-order valence-corrected chi connectivity index (χ4v) is 1.06. The average molecular weight is 219 g/mol. The summed E-state index contributed by atoms with van der Waals surface area (Å²) >= 11 is 0. The lowest BCUT2D eigenvalue weighted by atomic mass is 10.1. The van der Waals surface area contributed by atoms with Gasteiger partial charge in [0.1, 0.15) is 11.8 Å². The third kappa shape index (κ3) is 1.99. The van der Waals surface area contributed by atoms with Crippen LogP contribution >= 0.6 is 0 Å². The highest BCUT2D eigenvalue weighted by Crippen LogP contribution is 2.33. The predicted molar refractivity (Wildman–Crippen MR) is 46.2 cm³/mol. The van der Waals surface area contributed by atoms with Gasteiger partial charge in [-0.1, -0.05) is 0 Å². The van der Waals surface area contributed by atoms with Crippen LogP contribution in [0.2, 0.25) is 0 Å². The lowest BCUT2D eigenvalue weighted by Crippen LogP contribution is -2.07. The monoisotopic (exact) mass is 219 g/mol. The molecule has 0 bridgehead atoms. The molecular weight excluding hydrogens is 212 g/mol. The van der Waals surface area contributed by atoms with E-state index in [4.69, 9.17) is 10.8 Å². The number of halogens is 2. The van der Waals surface area contributed by atoms with Crippen LogP contribution < -0.4 is 5.73 Å². The molecule has 15 heavy (non-hydrogen) atoms. The summed E-state index contributed by atoms with van der Waals surface area (Å²) in [6.45, 7) is -0.601. The summed E-state index contributed by atoms with van der Waals surface area (Å²) in [5, 5.41) is 19.1. The van der Waals surface area contributed by atoms with Gasteiger partial charge in [0.25, 0.3) is 6.43 Å². The largest absolute Gasteiger partial charge is 0.398 e. The Kier molecular flexibility index (Phi) is 3.10. The minimum absolute atomic E-state index is 0.0594. The van der Waals surface area contributed by atoms with Crippen molar-refractivity contribution in [2.24, 2.45) is 0 Å². The SMILES string of the molecule is Nc1c(CO)cnc([N+](=O)[O-])c1C(F)F. The normalized spacial score (nSPS) is 10.7. The van der Waals surface area contributed by atoms with Gasteiger partial charge in [0.15, 0.2) is 0 Å². The average Bonchev–Trinajstić information content (AvgIpc) is 2.16. The molecule has 0 saturated heterocycles. The summed E-state index contributed by atoms with van der Waals surface area (Å²) in [7, 11) is 0. The Morgan fingerprint density at radius 1 is 1.67 bits per heavy atom. The van der Waals surface area contributed by atoms with Crippen molar-refractivity contribution in [1.82, 2.24) is 4.98 Å². The number of pyridine rings is 1. The molecule has 0 atom stereocenters. The van der Waals surface area contributed by atoms with Crippen molar-refractivity contribution in [3.63, 3.8) is 0 Å². The molecule has 6 nitrogen and oxygen atoms in total. The van der Waals surface area contributed by atoms with E-state index in [9.17, 15) is 18.9 Å². The van der Waals surface area contributed by atoms with E-state index in [0.29, 0.717) is 0 Å². The Bertz CT molecular complexity index is 397. The van der Waals surface area contributed by atoms with Gasteiger partial charge in [0.05, 0.1) is 12.3 Å². The molecule has 0 aliphatic carbocycles. The van der Waals surface area contributed by atoms with Crippen molar-refractivity contribution in [3.8, 4) is 0 Å². The van der Waals surface area contributed by atoms with Gasteiger partial charge >= 0.3 is 5.82 Å². The van der Waals surface area contributed by atoms with E-state index in [1.54, 1.807) is 0 Å². The Morgan fingerprint density at radius 2 is 2.27 bits per heavy atom. The Balaban J connectivity index is 3.44. The topological polar surface area (TPSA) is 102 Å². The van der Waals surface area contributed by atoms with Gasteiger partial charge < -0.3 is 21.0 Å². The van der Waals surface area contributed by atoms with Gasteiger partial charge in [-0.25, -0.2) is 8.78 Å². The minimum atomic E-state index is -3.11. The summed E-state index contributed by atoms with van der Waals surface area (Å²) < 4.78 is 24.9. The number of nitrogen functional groups attached to an aromatic ring is 1. The van der Waals surface area contributed by atoms with Crippen LogP contribution in [0.25, 0.3) is 0 Å². The molecule has 0 radical (unpaired) electrons. The van der Waals surface area contributed by atoms with Crippen molar-refractivity contribution < 1.29 is 18.8 Å². The molecule has 0 spiro atoms. The summed E-state index contributed by atoms with van der Waals surface area (Å²) in [5.74, 6) is -0.986. The molecule has 1 aromatic heterocycles. The minimum Gasteiger partial charge on any atom is -0.398 e. The van der Waals surface area contributed by atoms with E-state index in [1.807, 2.05) is 0 Å². The number of aliphatic hydroxyl groups excluding tert-OH is 1. The van der Waals surface area contributed by atoms with E-state index in [1.165, 1.54) is 0 Å². The third-order valence-electron chi connectivity index (χ3n) is 1.78. The second-order valence-corrected chi connectivity index (χ2v) is 2.65. The van der Waals surface area contributed by atoms with Crippen LogP contribution in [0.15, 0.2) is 6.20 Å². The zero-order valence-electron chi connectivity index (χ0n) is 7.35. The van der Waals surface area contributed by atoms with Crippen LogP contribution in [0.1, 0.15) is 17.6 Å². The molecule has 0 amide bonds. The van der Waals surface area contributed by atoms with Crippen LogP contribution in [0, 0.1) is 10.1 Å². The standard InChI is InChI=1S/C7H7F2N3O3/c8-6(9)4-5(10)3(2-13)1-11-7(4)12(14)15/h1,6,13H,2H2,(H2,10,11). The molecule has 1 aromatic rings. The number of hydrogen-bond acceptors (Lipinski definition) is 5. The first-order chi connectivity index (χ1) is 6.99. The van der Waals surface area contributed by atoms with Crippen LogP contribution in [-0.2, 0) is 6.61 Å². The first kappa shape index (κ1) is 11.2. The van der Waals surface area contributed by atoms with E-state index >= 15 is 0 Å². The molecule has 3 N–H and O–H groups in total. The number of nitrogens with two attached hydrogens (primary N) is 1. The number of nitrogens with zero attached hydrogens (tertiary/aromatic N) is 2. The Labute approximate surface area is 82.5 Å². The number of rotatable bonds is 3. The predicted octanol–water partition coefficient (Wildman–Crippen LogP) is 1.00. The van der Waals surface area contributed by atoms with E-state index in [2.05, 4.69) is 4.98 Å². The molecule has 0 aromatic carbocycles. The van der Waals surface area contributed by atoms with E-state index < -0.39 is 35.0 Å². The maximum Gasteiger partial charge on any atom is 0.374 e. The van der Waals surface area contributed by atoms with Gasteiger partial charge in [0.2, 0.25) is 0 Å². The number of aromatic nitrogens is 1. The molecule has 8 heteroatoms. The lowest BCUT2D eigenvalue weighted by molar-refractivity contribution is -0.391. The number of aliphatic hydroxyl groups is 1. The van der Waals surface area contributed by atoms with Crippen LogP contribution in [0.3, 0.4) is 0 Å². The quantitative estimate of drug-likeness (QED) is 0.583. The Morgan fingerprint density at radius 3 is 2.67 bits per heavy atom. The van der Waals surface area contributed by atoms with Gasteiger partial charge in [-0.15, -0.1) is 0 Å². The van der Waals surface area contributed by atoms with E-state index in [0.717, 1.165) is 6.20 Å². The number of nitro groups is 1. The lowest BCUT2D eigenvalue weighted by Gasteiger charge is -2.07. The van der Waals surface area contributed by atoms with Gasteiger partial charge in [-0.05, 0) is 9.91 Å². The van der Waals surface area contributed by atoms with Crippen molar-refractivity contribution in [1.29, 1.82) is 0 Å². The molecule has 1 heterocycles. The molecule has 82 valence electrons. The second kappa shape index (κ2) is 4.13. The zero-order chi connectivity index (χ0) is 11.6. The van der Waals surface area contributed by atoms with Crippen LogP contribution in [0.5, 0.6) is 0 Å². The molecule has 0 saturated carbocycles. The van der Waals surface area contributed by atoms with Crippen molar-refractivity contribution in [2.45, 2.75) is 13.0 Å². The first-order valence-electron chi connectivity index (χ1n) is 3.79. The van der Waals surface area contributed by atoms with E-state index in [-0.39, 0.29) is 5.56 Å². The molecule has 0 fully saturated rings. The van der Waals surface area contributed by atoms with Crippen molar-refractivity contribution in [3.05, 3.63) is 27.4 Å². The van der Waals surface area contributed by atoms with Crippen LogP contribution in [0.4, 0.5) is 20.3 Å². The van der Waals surface area contributed by atoms with Gasteiger partial charge in [0, 0.05) is 5.56 Å². The highest BCUT2D eigenvalue weighted by atomic mass is 19.3. The second-order valence-electron chi connectivity index (χ2n) is 2.65. The smallest absolute Gasteiger partial charge is 0.374 e. The van der Waals surface area contributed by atoms with Gasteiger partial charge in [-0.3, -0.25) is 0 Å². The highest BCUT2D eigenvalue weighted by Gasteiger charge is 2.28. The maximum absolute atomic E-state index is 12.5. The van der Waals surface area contributed by atoms with Crippen molar-refractivity contribution >= 4 is 11.5 Å². The number of anilines is 1. The third-order valence-corrected chi connectivity index (χ3v) is 1.78.